The Labute approximate surface area is 94.4 Å². The number of rotatable bonds is 2. The maximum Gasteiger partial charge on any atom is 0.249 e. The van der Waals surface area contributed by atoms with Gasteiger partial charge in [-0.05, 0) is 20.0 Å². The number of ether oxygens (including phenoxy) is 1. The maximum atomic E-state index is 12.2. The second-order valence-corrected chi connectivity index (χ2v) is 3.89. The van der Waals surface area contributed by atoms with Gasteiger partial charge in [0.15, 0.2) is 0 Å². The van der Waals surface area contributed by atoms with Crippen molar-refractivity contribution in [3.8, 4) is 0 Å². The van der Waals surface area contributed by atoms with Crippen LogP contribution in [0.5, 0.6) is 0 Å². The average molecular weight is 224 g/mol. The summed E-state index contributed by atoms with van der Waals surface area (Å²) < 4.78 is 10.7. The number of nitrogens with one attached hydrogen (secondary N) is 1. The first-order chi connectivity index (χ1) is 7.74. The lowest BCUT2D eigenvalue weighted by Crippen LogP contribution is -2.48. The first-order valence-corrected chi connectivity index (χ1v) is 5.35. The Bertz CT molecular complexity index is 350. The summed E-state index contributed by atoms with van der Waals surface area (Å²) in [5, 5.41) is 2.95. The van der Waals surface area contributed by atoms with Gasteiger partial charge in [-0.2, -0.15) is 0 Å². The highest BCUT2D eigenvalue weighted by molar-refractivity contribution is 5.96. The molecule has 0 aromatic carbocycles. The highest BCUT2D eigenvalue weighted by atomic mass is 16.5. The van der Waals surface area contributed by atoms with Crippen LogP contribution in [-0.2, 0) is 9.53 Å². The molecule has 5 heteroatoms. The van der Waals surface area contributed by atoms with Crippen LogP contribution in [-0.4, -0.2) is 38.3 Å². The fourth-order valence-corrected chi connectivity index (χ4v) is 1.83. The van der Waals surface area contributed by atoms with Crippen molar-refractivity contribution in [3.63, 3.8) is 0 Å². The minimum atomic E-state index is -0.310. The number of amides is 1. The zero-order chi connectivity index (χ0) is 11.5. The van der Waals surface area contributed by atoms with E-state index in [1.54, 1.807) is 30.3 Å². The number of hydrogen-bond acceptors (Lipinski definition) is 4. The van der Waals surface area contributed by atoms with Crippen molar-refractivity contribution in [1.82, 2.24) is 5.32 Å². The topological polar surface area (TPSA) is 54.7 Å². The summed E-state index contributed by atoms with van der Waals surface area (Å²) in [6.07, 6.45) is 1.56. The summed E-state index contributed by atoms with van der Waals surface area (Å²) in [7, 11) is 1.75. The van der Waals surface area contributed by atoms with Gasteiger partial charge >= 0.3 is 0 Å². The molecule has 1 fully saturated rings. The molecule has 0 spiro atoms. The summed E-state index contributed by atoms with van der Waals surface area (Å²) in [6, 6.07) is 3.23. The third-order valence-corrected chi connectivity index (χ3v) is 2.71. The number of carbonyl (C=O) groups is 1. The van der Waals surface area contributed by atoms with E-state index in [2.05, 4.69) is 5.32 Å². The van der Waals surface area contributed by atoms with Crippen LogP contribution >= 0.6 is 0 Å². The van der Waals surface area contributed by atoms with E-state index in [1.807, 2.05) is 6.92 Å². The number of hydrogen-bond donors (Lipinski definition) is 1. The van der Waals surface area contributed by atoms with Crippen LogP contribution in [0.4, 0.5) is 5.88 Å². The highest BCUT2D eigenvalue weighted by Gasteiger charge is 2.32. The Hall–Kier alpha value is -1.33. The largest absolute Gasteiger partial charge is 0.448 e. The SMILES string of the molecule is CNC1COCC(C)N(c2ccco2)C1=O. The second-order valence-electron chi connectivity index (χ2n) is 3.89. The number of likely N-dealkylation sites (N-methyl/N-ethyl adjacent to an activating group) is 1. The molecule has 0 radical (unpaired) electrons. The van der Waals surface area contributed by atoms with Crippen molar-refractivity contribution >= 4 is 11.8 Å². The monoisotopic (exact) mass is 224 g/mol. The number of carbonyl (C=O) groups excluding carboxylic acids is 1. The van der Waals surface area contributed by atoms with Crippen LogP contribution in [0.15, 0.2) is 22.8 Å². The smallest absolute Gasteiger partial charge is 0.249 e. The van der Waals surface area contributed by atoms with Crippen molar-refractivity contribution in [2.24, 2.45) is 0 Å². The zero-order valence-electron chi connectivity index (χ0n) is 9.47. The van der Waals surface area contributed by atoms with Crippen molar-refractivity contribution in [2.75, 3.05) is 25.2 Å². The Kier molecular flexibility index (Phi) is 3.26. The Morgan fingerprint density at radius 1 is 1.50 bits per heavy atom. The normalized spacial score (nSPS) is 26.9. The number of nitrogens with zero attached hydrogens (tertiary/aromatic N) is 1. The molecule has 0 saturated carbocycles. The van der Waals surface area contributed by atoms with Gasteiger partial charge in [-0.15, -0.1) is 0 Å². The molecule has 16 heavy (non-hydrogen) atoms. The molecule has 0 aliphatic carbocycles. The van der Waals surface area contributed by atoms with E-state index in [9.17, 15) is 4.79 Å². The van der Waals surface area contributed by atoms with Crippen molar-refractivity contribution in [1.29, 1.82) is 0 Å². The average Bonchev–Trinajstić information content (AvgIpc) is 2.73. The maximum absolute atomic E-state index is 12.2. The molecule has 1 amide bonds. The standard InChI is InChI=1S/C11H16N2O3/c1-8-6-15-7-9(12-2)11(14)13(8)10-4-3-5-16-10/h3-5,8-9,12H,6-7H2,1-2H3. The predicted octanol–water partition coefficient (Wildman–Crippen LogP) is 0.619. The van der Waals surface area contributed by atoms with Gasteiger partial charge in [-0.3, -0.25) is 9.69 Å². The van der Waals surface area contributed by atoms with Gasteiger partial charge in [-0.1, -0.05) is 0 Å². The lowest BCUT2D eigenvalue weighted by molar-refractivity contribution is -0.121. The van der Waals surface area contributed by atoms with Gasteiger partial charge in [0.25, 0.3) is 0 Å². The Morgan fingerprint density at radius 2 is 2.31 bits per heavy atom. The highest BCUT2D eigenvalue weighted by Crippen LogP contribution is 2.20. The lowest BCUT2D eigenvalue weighted by Gasteiger charge is -2.25. The zero-order valence-corrected chi connectivity index (χ0v) is 9.47. The summed E-state index contributed by atoms with van der Waals surface area (Å²) in [5.74, 6) is 0.561. The molecular formula is C11H16N2O3. The van der Waals surface area contributed by atoms with Crippen LogP contribution in [0.25, 0.3) is 0 Å². The summed E-state index contributed by atoms with van der Waals surface area (Å²) in [6.45, 7) is 2.86. The van der Waals surface area contributed by atoms with Gasteiger partial charge in [-0.25, -0.2) is 0 Å². The Morgan fingerprint density at radius 3 is 2.94 bits per heavy atom. The molecule has 1 saturated heterocycles. The summed E-state index contributed by atoms with van der Waals surface area (Å²) in [4.78, 5) is 13.9. The van der Waals surface area contributed by atoms with E-state index in [-0.39, 0.29) is 18.0 Å². The lowest BCUT2D eigenvalue weighted by atomic mass is 10.2. The number of anilines is 1. The molecule has 1 aromatic heterocycles. The van der Waals surface area contributed by atoms with Crippen molar-refractivity contribution in [3.05, 3.63) is 18.4 Å². The minimum absolute atomic E-state index is 0.0116. The first-order valence-electron chi connectivity index (χ1n) is 5.35. The van der Waals surface area contributed by atoms with Crippen LogP contribution in [0.3, 0.4) is 0 Å². The van der Waals surface area contributed by atoms with Crippen LogP contribution in [0, 0.1) is 0 Å². The van der Waals surface area contributed by atoms with Gasteiger partial charge in [0, 0.05) is 6.07 Å². The molecule has 2 unspecified atom stereocenters. The molecule has 1 aliphatic heterocycles. The van der Waals surface area contributed by atoms with Crippen molar-refractivity contribution in [2.45, 2.75) is 19.0 Å². The third-order valence-electron chi connectivity index (χ3n) is 2.71. The fourth-order valence-electron chi connectivity index (χ4n) is 1.83. The predicted molar refractivity (Wildman–Crippen MR) is 59.3 cm³/mol. The molecule has 2 atom stereocenters. The quantitative estimate of drug-likeness (QED) is 0.800. The van der Waals surface area contributed by atoms with Crippen molar-refractivity contribution < 1.29 is 13.9 Å². The molecule has 1 aliphatic rings. The summed E-state index contributed by atoms with van der Waals surface area (Å²) in [5.41, 5.74) is 0. The summed E-state index contributed by atoms with van der Waals surface area (Å²) >= 11 is 0. The van der Waals surface area contributed by atoms with Crippen LogP contribution < -0.4 is 10.2 Å². The molecule has 5 nitrogen and oxygen atoms in total. The van der Waals surface area contributed by atoms with Gasteiger partial charge in [0.1, 0.15) is 6.04 Å². The molecule has 88 valence electrons. The van der Waals surface area contributed by atoms with Gasteiger partial charge in [0.2, 0.25) is 11.8 Å². The Balaban J connectivity index is 2.27. The second kappa shape index (κ2) is 4.67. The van der Waals surface area contributed by atoms with Crippen LogP contribution in [0.1, 0.15) is 6.92 Å². The third kappa shape index (κ3) is 1.96. The fraction of sp³-hybridized carbons (Fsp3) is 0.545. The molecule has 1 N–H and O–H groups in total. The molecule has 2 heterocycles. The minimum Gasteiger partial charge on any atom is -0.448 e. The van der Waals surface area contributed by atoms with E-state index < -0.39 is 0 Å². The van der Waals surface area contributed by atoms with E-state index in [1.165, 1.54) is 0 Å². The number of furan rings is 1. The molecule has 0 bridgehead atoms. The molecular weight excluding hydrogens is 208 g/mol. The van der Waals surface area contributed by atoms with E-state index in [4.69, 9.17) is 9.15 Å². The first kappa shape index (κ1) is 11.2. The van der Waals surface area contributed by atoms with E-state index in [0.29, 0.717) is 19.1 Å². The molecule has 2 rings (SSSR count). The van der Waals surface area contributed by atoms with Gasteiger partial charge in [0.05, 0.1) is 25.5 Å². The van der Waals surface area contributed by atoms with Crippen LogP contribution in [0.2, 0.25) is 0 Å². The van der Waals surface area contributed by atoms with E-state index in [0.717, 1.165) is 0 Å². The molecule has 1 aromatic rings. The van der Waals surface area contributed by atoms with Gasteiger partial charge < -0.3 is 14.5 Å². The van der Waals surface area contributed by atoms with E-state index >= 15 is 0 Å².